The van der Waals surface area contributed by atoms with Gasteiger partial charge < -0.3 is 5.32 Å². The normalized spacial score (nSPS) is 13.8. The van der Waals surface area contributed by atoms with Crippen LogP contribution >= 0.6 is 0 Å². The molecule has 6 heteroatoms. The van der Waals surface area contributed by atoms with Gasteiger partial charge in [-0.2, -0.15) is 0 Å². The van der Waals surface area contributed by atoms with Crippen molar-refractivity contribution in [3.63, 3.8) is 0 Å². The number of nitrogens with one attached hydrogen (secondary N) is 1. The average Bonchev–Trinajstić information content (AvgIpc) is 2.24. The Hall–Kier alpha value is -1.14. The molecule has 0 fully saturated rings. The molecule has 1 heterocycles. The highest BCUT2D eigenvalue weighted by Crippen LogP contribution is 2.15. The lowest BCUT2D eigenvalue weighted by Gasteiger charge is -2.13. The molecule has 3 nitrogen and oxygen atoms in total. The van der Waals surface area contributed by atoms with Gasteiger partial charge in [-0.25, -0.2) is 0 Å². The van der Waals surface area contributed by atoms with Crippen LogP contribution in [0.1, 0.15) is 18.7 Å². The molecule has 0 saturated heterocycles. The van der Waals surface area contributed by atoms with Gasteiger partial charge in [0.05, 0.1) is 12.3 Å². The minimum absolute atomic E-state index is 0.0990. The largest absolute Gasteiger partial charge is 0.522 e. The number of hydrogen-bond acceptors (Lipinski definition) is 3. The monoisotopic (exact) mass is 234 g/mol. The number of alkyl halides is 3. The first-order valence-electron chi connectivity index (χ1n) is 4.84. The molecule has 90 valence electrons. The zero-order valence-electron chi connectivity index (χ0n) is 8.79. The quantitative estimate of drug-likeness (QED) is 0.793. The van der Waals surface area contributed by atoms with E-state index in [4.69, 9.17) is 0 Å². The molecule has 1 aromatic rings. The van der Waals surface area contributed by atoms with E-state index in [2.05, 4.69) is 15.0 Å². The van der Waals surface area contributed by atoms with E-state index in [0.29, 0.717) is 0 Å². The molecule has 0 saturated carbocycles. The summed E-state index contributed by atoms with van der Waals surface area (Å²) in [6, 6.07) is 5.32. The van der Waals surface area contributed by atoms with Crippen molar-refractivity contribution in [3.05, 3.63) is 30.1 Å². The number of halogens is 3. The first-order valence-corrected chi connectivity index (χ1v) is 4.84. The second-order valence-corrected chi connectivity index (χ2v) is 3.22. The first kappa shape index (κ1) is 12.9. The van der Waals surface area contributed by atoms with Crippen molar-refractivity contribution in [1.29, 1.82) is 0 Å². The number of aromatic nitrogens is 1. The van der Waals surface area contributed by atoms with Crippen LogP contribution in [0.2, 0.25) is 0 Å². The minimum Gasteiger partial charge on any atom is -0.307 e. The molecule has 1 atom stereocenters. The molecule has 0 aliphatic rings. The number of pyridine rings is 1. The Labute approximate surface area is 91.6 Å². The van der Waals surface area contributed by atoms with Crippen molar-refractivity contribution in [1.82, 2.24) is 10.3 Å². The third kappa shape index (κ3) is 5.09. The summed E-state index contributed by atoms with van der Waals surface area (Å²) in [6.45, 7) is 1.55. The summed E-state index contributed by atoms with van der Waals surface area (Å²) in [5.74, 6) is 0. The van der Waals surface area contributed by atoms with Crippen LogP contribution in [0.15, 0.2) is 24.4 Å². The zero-order chi connectivity index (χ0) is 12.0. The molecule has 0 spiro atoms. The van der Waals surface area contributed by atoms with Gasteiger partial charge in [-0.15, -0.1) is 13.2 Å². The minimum atomic E-state index is -4.56. The summed E-state index contributed by atoms with van der Waals surface area (Å²) >= 11 is 0. The summed E-state index contributed by atoms with van der Waals surface area (Å²) in [5, 5.41) is 2.88. The Morgan fingerprint density at radius 3 is 2.75 bits per heavy atom. The maximum atomic E-state index is 11.6. The Balaban J connectivity index is 2.24. The molecule has 0 aliphatic heterocycles. The molecule has 0 bridgehead atoms. The number of rotatable bonds is 5. The zero-order valence-corrected chi connectivity index (χ0v) is 8.79. The Morgan fingerprint density at radius 2 is 2.19 bits per heavy atom. The highest BCUT2D eigenvalue weighted by atomic mass is 19.4. The third-order valence-electron chi connectivity index (χ3n) is 1.95. The summed E-state index contributed by atoms with van der Waals surface area (Å²) < 4.78 is 38.6. The Kier molecular flexibility index (Phi) is 4.70. The SMILES string of the molecule is C[C@H](NCCOC(F)(F)F)c1ccccn1. The van der Waals surface area contributed by atoms with Crippen LogP contribution in [0.5, 0.6) is 0 Å². The van der Waals surface area contributed by atoms with Crippen LogP contribution in [0.25, 0.3) is 0 Å². The third-order valence-corrected chi connectivity index (χ3v) is 1.95. The molecule has 1 rings (SSSR count). The van der Waals surface area contributed by atoms with Gasteiger partial charge in [0.25, 0.3) is 0 Å². The van der Waals surface area contributed by atoms with E-state index in [1.54, 1.807) is 12.3 Å². The maximum Gasteiger partial charge on any atom is 0.522 e. The van der Waals surface area contributed by atoms with E-state index in [1.807, 2.05) is 19.1 Å². The van der Waals surface area contributed by atoms with Crippen molar-refractivity contribution in [2.24, 2.45) is 0 Å². The molecule has 0 aromatic carbocycles. The first-order chi connectivity index (χ1) is 7.49. The summed E-state index contributed by atoms with van der Waals surface area (Å²) in [7, 11) is 0. The number of nitrogens with zero attached hydrogens (tertiary/aromatic N) is 1. The summed E-state index contributed by atoms with van der Waals surface area (Å²) in [5.41, 5.74) is 0.787. The Bertz CT molecular complexity index is 303. The number of hydrogen-bond donors (Lipinski definition) is 1. The van der Waals surface area contributed by atoms with Crippen molar-refractivity contribution >= 4 is 0 Å². The van der Waals surface area contributed by atoms with E-state index < -0.39 is 13.0 Å². The van der Waals surface area contributed by atoms with Crippen molar-refractivity contribution < 1.29 is 17.9 Å². The van der Waals surface area contributed by atoms with Gasteiger partial charge >= 0.3 is 6.36 Å². The van der Waals surface area contributed by atoms with Gasteiger partial charge in [-0.3, -0.25) is 9.72 Å². The molecule has 16 heavy (non-hydrogen) atoms. The molecular formula is C10H13F3N2O. The van der Waals surface area contributed by atoms with E-state index in [0.717, 1.165) is 5.69 Å². The van der Waals surface area contributed by atoms with Gasteiger partial charge in [0.1, 0.15) is 0 Å². The second kappa shape index (κ2) is 5.81. The molecule has 1 N–H and O–H groups in total. The lowest BCUT2D eigenvalue weighted by molar-refractivity contribution is -0.323. The van der Waals surface area contributed by atoms with E-state index in [1.165, 1.54) is 0 Å². The second-order valence-electron chi connectivity index (χ2n) is 3.22. The van der Waals surface area contributed by atoms with Gasteiger partial charge in [0, 0.05) is 18.8 Å². The van der Waals surface area contributed by atoms with Crippen molar-refractivity contribution in [3.8, 4) is 0 Å². The fourth-order valence-electron chi connectivity index (χ4n) is 1.18. The topological polar surface area (TPSA) is 34.1 Å². The molecule has 0 unspecified atom stereocenters. The average molecular weight is 234 g/mol. The fourth-order valence-corrected chi connectivity index (χ4v) is 1.18. The van der Waals surface area contributed by atoms with Crippen LogP contribution in [-0.4, -0.2) is 24.5 Å². The van der Waals surface area contributed by atoms with Gasteiger partial charge in [0.15, 0.2) is 0 Å². The van der Waals surface area contributed by atoms with Gasteiger partial charge in [-0.1, -0.05) is 6.07 Å². The predicted octanol–water partition coefficient (Wildman–Crippen LogP) is 2.27. The van der Waals surface area contributed by atoms with Crippen LogP contribution in [0.3, 0.4) is 0 Å². The van der Waals surface area contributed by atoms with Crippen molar-refractivity contribution in [2.75, 3.05) is 13.2 Å². The van der Waals surface area contributed by atoms with E-state index in [9.17, 15) is 13.2 Å². The molecule has 0 radical (unpaired) electrons. The highest BCUT2D eigenvalue weighted by molar-refractivity contribution is 5.07. The summed E-state index contributed by atoms with van der Waals surface area (Å²) in [4.78, 5) is 4.08. The summed E-state index contributed by atoms with van der Waals surface area (Å²) in [6.07, 6.45) is -2.92. The molecular weight excluding hydrogens is 221 g/mol. The highest BCUT2D eigenvalue weighted by Gasteiger charge is 2.28. The van der Waals surface area contributed by atoms with Gasteiger partial charge in [-0.05, 0) is 19.1 Å². The van der Waals surface area contributed by atoms with Crippen LogP contribution in [0, 0.1) is 0 Å². The fraction of sp³-hybridized carbons (Fsp3) is 0.500. The van der Waals surface area contributed by atoms with Crippen molar-refractivity contribution in [2.45, 2.75) is 19.3 Å². The predicted molar refractivity (Wildman–Crippen MR) is 52.7 cm³/mol. The van der Waals surface area contributed by atoms with E-state index >= 15 is 0 Å². The standard InChI is InChI=1S/C10H13F3N2O/c1-8(9-4-2-3-5-15-9)14-6-7-16-10(11,12)13/h2-5,8,14H,6-7H2,1H3/t8-/m0/s1. The molecule has 0 aliphatic carbocycles. The number of ether oxygens (including phenoxy) is 1. The van der Waals surface area contributed by atoms with E-state index in [-0.39, 0.29) is 12.6 Å². The van der Waals surface area contributed by atoms with Crippen LogP contribution in [-0.2, 0) is 4.74 Å². The maximum absolute atomic E-state index is 11.6. The van der Waals surface area contributed by atoms with Crippen LogP contribution in [0.4, 0.5) is 13.2 Å². The molecule has 0 amide bonds. The lowest BCUT2D eigenvalue weighted by Crippen LogP contribution is -2.26. The Morgan fingerprint density at radius 1 is 1.44 bits per heavy atom. The van der Waals surface area contributed by atoms with Gasteiger partial charge in [0.2, 0.25) is 0 Å². The van der Waals surface area contributed by atoms with Crippen LogP contribution < -0.4 is 5.32 Å². The smallest absolute Gasteiger partial charge is 0.307 e. The molecule has 1 aromatic heterocycles. The lowest BCUT2D eigenvalue weighted by atomic mass is 10.2.